The largest absolute Gasteiger partial charge is 0.490 e. The standard InChI is InChI=1S/C9H18O4.C7H9F3O5.C7H14O6S.C7H12O2.C6H12O4.C5H10O3S.C2H6O2/c1-9(2,3)13-8(11)4-6-12-7-5-10;8-7(9,10)6(13)15-4-3-14-2-1-5(11)12;1-11-7(8)3-4-12-5-6-13-14(2,9)10;1-5-6(8)9-7(2,3)4;1-9-6(8)2-4-10-5-3-7;6-5(7)1-2-8-3-4-9;3-1-2-4/h10H,4-7H2,1-3H3;1-4H2,(H,11,12);3-6H2,1-2H3;5H,1H2,2-4H3;7H,2-5H2,1H3;9H,1-4H2,(H,6,7);3-4H,1-2H2. The Balaban J connectivity index is -0.000000145. The minimum absolute atomic E-state index is 0.0127. The molecule has 0 aliphatic heterocycles. The van der Waals surface area contributed by atoms with Crippen molar-refractivity contribution < 1.29 is 137 Å². The number of hydrogen-bond acceptors (Lipinski definition) is 25. The number of hydrogen-bond donors (Lipinski definition) is 7. The molecular formula is C43H81F3O26S2. The van der Waals surface area contributed by atoms with E-state index < -0.39 is 52.0 Å². The summed E-state index contributed by atoms with van der Waals surface area (Å²) in [5.74, 6) is -4.86. The van der Waals surface area contributed by atoms with Gasteiger partial charge in [0.15, 0.2) is 0 Å². The molecule has 0 aliphatic rings. The summed E-state index contributed by atoms with van der Waals surface area (Å²) in [7, 11) is -0.789. The number of aliphatic hydroxyl groups excluding tert-OH is 4. The summed E-state index contributed by atoms with van der Waals surface area (Å²) < 4.78 is 106. The Morgan fingerprint density at radius 1 is 0.527 bits per heavy atom. The van der Waals surface area contributed by atoms with E-state index in [1.165, 1.54) is 14.2 Å². The van der Waals surface area contributed by atoms with Gasteiger partial charge in [0.05, 0.1) is 152 Å². The summed E-state index contributed by atoms with van der Waals surface area (Å²) >= 11 is 3.87. The Kier molecular flexibility index (Phi) is 63.8. The van der Waals surface area contributed by atoms with Gasteiger partial charge in [-0.2, -0.15) is 34.2 Å². The summed E-state index contributed by atoms with van der Waals surface area (Å²) in [6.07, 6.45) is -2.45. The van der Waals surface area contributed by atoms with Crippen LogP contribution in [0, 0.1) is 0 Å². The minimum Gasteiger partial charge on any atom is -0.481 e. The van der Waals surface area contributed by atoms with E-state index in [1.54, 1.807) is 0 Å². The third-order valence-corrected chi connectivity index (χ3v) is 6.52. The van der Waals surface area contributed by atoms with Gasteiger partial charge in [-0.3, -0.25) is 28.2 Å². The summed E-state index contributed by atoms with van der Waals surface area (Å²) in [5, 5.41) is 48.1. The van der Waals surface area contributed by atoms with Crippen LogP contribution >= 0.6 is 12.6 Å². The first-order valence-electron chi connectivity index (χ1n) is 21.9. The molecule has 26 nitrogen and oxygen atoms in total. The normalized spacial score (nSPS) is 10.5. The van der Waals surface area contributed by atoms with Crippen LogP contribution in [0.2, 0.25) is 0 Å². The minimum atomic E-state index is -5.01. The average Bonchev–Trinajstić information content (AvgIpc) is 3.29. The van der Waals surface area contributed by atoms with E-state index in [1.807, 2.05) is 41.5 Å². The number of aliphatic hydroxyl groups is 4. The van der Waals surface area contributed by atoms with Gasteiger partial charge in [0.2, 0.25) is 0 Å². The molecule has 0 unspecified atom stereocenters. The predicted molar refractivity (Wildman–Crippen MR) is 258 cm³/mol. The molecule has 0 fully saturated rings. The number of aliphatic carboxylic acids is 2. The van der Waals surface area contributed by atoms with Crippen molar-refractivity contribution in [2.45, 2.75) is 91.0 Å². The average molecular weight is 1140 g/mol. The van der Waals surface area contributed by atoms with Gasteiger partial charge in [0.1, 0.15) is 17.8 Å². The van der Waals surface area contributed by atoms with Crippen molar-refractivity contribution in [2.75, 3.05) is 132 Å². The van der Waals surface area contributed by atoms with Gasteiger partial charge in [-0.05, 0) is 41.5 Å². The van der Waals surface area contributed by atoms with E-state index in [4.69, 9.17) is 59.1 Å². The number of carbonyl (C=O) groups is 7. The number of alkyl halides is 3. The van der Waals surface area contributed by atoms with E-state index in [0.717, 1.165) is 12.3 Å². The first-order chi connectivity index (χ1) is 34.2. The lowest BCUT2D eigenvalue weighted by Crippen LogP contribution is -2.26. The molecule has 0 saturated carbocycles. The van der Waals surface area contributed by atoms with Crippen molar-refractivity contribution >= 4 is 64.5 Å². The maximum Gasteiger partial charge on any atom is 0.490 e. The molecule has 0 atom stereocenters. The van der Waals surface area contributed by atoms with Gasteiger partial charge < -0.3 is 78.0 Å². The molecule has 0 aromatic rings. The number of carbonyl (C=O) groups excluding carboxylic acids is 5. The van der Waals surface area contributed by atoms with Gasteiger partial charge in [0.25, 0.3) is 10.1 Å². The van der Waals surface area contributed by atoms with E-state index in [2.05, 4.69) is 42.3 Å². The third kappa shape index (κ3) is 97.1. The monoisotopic (exact) mass is 1130 g/mol. The topological polar surface area (TPSA) is 377 Å². The number of halogens is 3. The highest BCUT2D eigenvalue weighted by Gasteiger charge is 2.40. The number of methoxy groups -OCH3 is 2. The van der Waals surface area contributed by atoms with Gasteiger partial charge >= 0.3 is 48.0 Å². The molecule has 74 heavy (non-hydrogen) atoms. The SMILES string of the molecule is C=CC(=O)OC(C)(C)C.CC(C)(C)OC(=O)CCOCCO.COC(=O)CCOCCO.COC(=O)CCOCCOS(C)(=O)=O.O=C(O)CCOCCOC(=O)C(F)(F)F.O=C(O)CCOCCS.OCCO. The van der Waals surface area contributed by atoms with Crippen LogP contribution < -0.4 is 0 Å². The highest BCUT2D eigenvalue weighted by atomic mass is 32.2. The van der Waals surface area contributed by atoms with Crippen LogP contribution in [-0.2, 0) is 95.2 Å². The molecule has 31 heteroatoms. The molecule has 0 spiro atoms. The first-order valence-corrected chi connectivity index (χ1v) is 24.3. The molecule has 0 aromatic carbocycles. The lowest BCUT2D eigenvalue weighted by molar-refractivity contribution is -0.200. The molecule has 442 valence electrons. The lowest BCUT2D eigenvalue weighted by atomic mass is 10.2. The summed E-state index contributed by atoms with van der Waals surface area (Å²) in [5.41, 5.74) is -0.834. The predicted octanol–water partition coefficient (Wildman–Crippen LogP) is 1.30. The van der Waals surface area contributed by atoms with E-state index in [0.29, 0.717) is 25.6 Å². The summed E-state index contributed by atoms with van der Waals surface area (Å²) in [4.78, 5) is 72.5. The Morgan fingerprint density at radius 2 is 0.878 bits per heavy atom. The second-order valence-corrected chi connectivity index (χ2v) is 16.9. The fourth-order valence-corrected chi connectivity index (χ4v) is 3.45. The van der Waals surface area contributed by atoms with Crippen molar-refractivity contribution in [2.24, 2.45) is 0 Å². The van der Waals surface area contributed by atoms with Crippen LogP contribution in [0.1, 0.15) is 73.6 Å². The van der Waals surface area contributed by atoms with Gasteiger partial charge in [0, 0.05) is 11.8 Å². The van der Waals surface area contributed by atoms with Gasteiger partial charge in [-0.15, -0.1) is 0 Å². The van der Waals surface area contributed by atoms with Crippen molar-refractivity contribution in [3.8, 4) is 0 Å². The summed E-state index contributed by atoms with van der Waals surface area (Å²) in [6, 6.07) is 0. The van der Waals surface area contributed by atoms with Crippen LogP contribution in [0.3, 0.4) is 0 Å². The van der Waals surface area contributed by atoms with Crippen LogP contribution in [0.25, 0.3) is 0 Å². The highest BCUT2D eigenvalue weighted by molar-refractivity contribution is 7.86. The zero-order chi connectivity index (χ0) is 59.1. The number of thiol groups is 1. The smallest absolute Gasteiger partial charge is 0.481 e. The molecule has 0 aliphatic carbocycles. The number of ether oxygens (including phenoxy) is 10. The molecule has 0 bridgehead atoms. The first kappa shape index (κ1) is 83.7. The Bertz CT molecular complexity index is 1520. The number of rotatable bonds is 30. The molecule has 0 saturated heterocycles. The van der Waals surface area contributed by atoms with Gasteiger partial charge in [-0.25, -0.2) is 9.59 Å². The van der Waals surface area contributed by atoms with E-state index >= 15 is 0 Å². The van der Waals surface area contributed by atoms with Crippen LogP contribution in [-0.4, -0.2) is 230 Å². The molecule has 0 amide bonds. The van der Waals surface area contributed by atoms with Crippen molar-refractivity contribution in [1.82, 2.24) is 0 Å². The quantitative estimate of drug-likeness (QED) is 0.0133. The molecule has 6 N–H and O–H groups in total. The highest BCUT2D eigenvalue weighted by Crippen LogP contribution is 2.16. The third-order valence-electron chi connectivity index (χ3n) is 5.75. The Morgan fingerprint density at radius 3 is 1.16 bits per heavy atom. The molecule has 0 rings (SSSR count). The van der Waals surface area contributed by atoms with Crippen LogP contribution in [0.15, 0.2) is 12.7 Å². The maximum absolute atomic E-state index is 11.5. The van der Waals surface area contributed by atoms with Gasteiger partial charge in [-0.1, -0.05) is 6.58 Å². The number of carboxylic acids is 2. The van der Waals surface area contributed by atoms with Crippen molar-refractivity contribution in [3.05, 3.63) is 12.7 Å². The number of carboxylic acid groups (broad SMARTS) is 2. The fraction of sp³-hybridized carbons (Fsp3) is 0.791. The molecule has 0 aromatic heterocycles. The molecular weight excluding hydrogens is 1050 g/mol. The van der Waals surface area contributed by atoms with E-state index in [-0.39, 0.29) is 135 Å². The van der Waals surface area contributed by atoms with Crippen molar-refractivity contribution in [1.29, 1.82) is 0 Å². The second-order valence-electron chi connectivity index (χ2n) is 14.9. The van der Waals surface area contributed by atoms with E-state index in [9.17, 15) is 55.2 Å². The Labute approximate surface area is 436 Å². The number of esters is 5. The zero-order valence-corrected chi connectivity index (χ0v) is 45.4. The van der Waals surface area contributed by atoms with Crippen LogP contribution in [0.5, 0.6) is 0 Å². The van der Waals surface area contributed by atoms with Crippen LogP contribution in [0.4, 0.5) is 13.2 Å². The van der Waals surface area contributed by atoms with Crippen molar-refractivity contribution in [3.63, 3.8) is 0 Å². The lowest BCUT2D eigenvalue weighted by Gasteiger charge is -2.19. The Hall–Kier alpha value is -4.28. The molecule has 0 radical (unpaired) electrons. The molecule has 0 heterocycles. The second kappa shape index (κ2) is 56.4. The maximum atomic E-state index is 11.5. The summed E-state index contributed by atoms with van der Waals surface area (Å²) in [6.45, 7) is 15.2. The fourth-order valence-electron chi connectivity index (χ4n) is 2.95. The zero-order valence-electron chi connectivity index (χ0n) is 43.7.